The average molecular weight is 322 g/mol. The van der Waals surface area contributed by atoms with Crippen LogP contribution in [0.3, 0.4) is 0 Å². The second kappa shape index (κ2) is 6.23. The Labute approximate surface area is 120 Å². The fourth-order valence-corrected chi connectivity index (χ4v) is 3.44. The van der Waals surface area contributed by atoms with Gasteiger partial charge in [0.2, 0.25) is 14.2 Å². The number of thiazole rings is 1. The summed E-state index contributed by atoms with van der Waals surface area (Å²) in [4.78, 5) is 4.75. The third-order valence-electron chi connectivity index (χ3n) is 2.06. The van der Waals surface area contributed by atoms with Crippen molar-refractivity contribution in [1.82, 2.24) is 4.98 Å². The van der Waals surface area contributed by atoms with Crippen LogP contribution in [0.5, 0.6) is 0 Å². The van der Waals surface area contributed by atoms with Crippen LogP contribution < -0.4 is 0 Å². The van der Waals surface area contributed by atoms with Crippen molar-refractivity contribution >= 4 is 38.4 Å². The zero-order valence-corrected chi connectivity index (χ0v) is 13.9. The summed E-state index contributed by atoms with van der Waals surface area (Å²) in [6, 6.07) is 0. The van der Waals surface area contributed by atoms with Gasteiger partial charge in [-0.25, -0.2) is 17.6 Å². The van der Waals surface area contributed by atoms with Crippen molar-refractivity contribution in [3.63, 3.8) is 0 Å². The van der Waals surface area contributed by atoms with E-state index < -0.39 is 20.8 Å². The summed E-state index contributed by atoms with van der Waals surface area (Å²) in [7, 11) is -4.46. The van der Waals surface area contributed by atoms with Crippen molar-refractivity contribution in [2.24, 2.45) is 4.40 Å². The number of aryl methyl sites for hydroxylation is 1. The molecule has 0 aromatic carbocycles. The van der Waals surface area contributed by atoms with Gasteiger partial charge in [0.25, 0.3) is 0 Å². The van der Waals surface area contributed by atoms with Crippen molar-refractivity contribution in [3.8, 4) is 0 Å². The highest BCUT2D eigenvalue weighted by Gasteiger charge is 2.18. The minimum atomic E-state index is -3.22. The Kier molecular flexibility index (Phi) is 5.40. The number of aromatic nitrogens is 1. The fraction of sp³-hybridized carbons (Fsp3) is 0.636. The minimum Gasteiger partial charge on any atom is -0.234 e. The molecule has 1 rings (SSSR count). The molecule has 0 saturated heterocycles. The molecule has 108 valence electrons. The first kappa shape index (κ1) is 16.5. The molecule has 0 fully saturated rings. The molecule has 0 bridgehead atoms. The van der Waals surface area contributed by atoms with Crippen LogP contribution >= 0.6 is 11.3 Å². The minimum absolute atomic E-state index is 0.137. The first-order valence-corrected chi connectivity index (χ1v) is 9.51. The Hall–Kier alpha value is -0.600. The second-order valence-electron chi connectivity index (χ2n) is 5.05. The molecular weight excluding hydrogens is 304 g/mol. The van der Waals surface area contributed by atoms with E-state index in [0.717, 1.165) is 11.1 Å². The maximum absolute atomic E-state index is 11.6. The molecule has 0 amide bonds. The third-order valence-corrected chi connectivity index (χ3v) is 6.20. The van der Waals surface area contributed by atoms with Crippen molar-refractivity contribution in [1.29, 1.82) is 0 Å². The van der Waals surface area contributed by atoms with Crippen LogP contribution in [0.25, 0.3) is 0 Å². The molecule has 1 atom stereocenters. The topological polar surface area (TPSA) is 76.5 Å². The summed E-state index contributed by atoms with van der Waals surface area (Å²) in [5, 5.41) is 0. The summed E-state index contributed by atoms with van der Waals surface area (Å²) in [6.07, 6.45) is 5.60. The zero-order valence-electron chi connectivity index (χ0n) is 11.4. The van der Waals surface area contributed by atoms with Crippen molar-refractivity contribution < 1.29 is 12.6 Å². The van der Waals surface area contributed by atoms with Gasteiger partial charge in [0.1, 0.15) is 11.0 Å². The van der Waals surface area contributed by atoms with Crippen molar-refractivity contribution in [3.05, 3.63) is 11.1 Å². The predicted octanol–water partition coefficient (Wildman–Crippen LogP) is 2.01. The van der Waals surface area contributed by atoms with E-state index in [1.165, 1.54) is 11.3 Å². The van der Waals surface area contributed by atoms with E-state index in [2.05, 4.69) is 9.38 Å². The van der Waals surface area contributed by atoms with Gasteiger partial charge in [0, 0.05) is 23.5 Å². The van der Waals surface area contributed by atoms with Crippen LogP contribution in [0.15, 0.2) is 14.9 Å². The SMILES string of the molecule is CC(C)(C)S(=O)N=CCCc1cnc(S(C)(=O)=O)s1. The highest BCUT2D eigenvalue weighted by Crippen LogP contribution is 2.19. The van der Waals surface area contributed by atoms with Gasteiger partial charge in [-0.3, -0.25) is 0 Å². The van der Waals surface area contributed by atoms with Crippen LogP contribution in [0.1, 0.15) is 32.1 Å². The molecule has 0 radical (unpaired) electrons. The van der Waals surface area contributed by atoms with Crippen LogP contribution in [0, 0.1) is 0 Å². The first-order valence-electron chi connectivity index (χ1n) is 5.70. The summed E-state index contributed by atoms with van der Waals surface area (Å²) in [6.45, 7) is 5.59. The van der Waals surface area contributed by atoms with E-state index in [9.17, 15) is 12.6 Å². The van der Waals surface area contributed by atoms with Crippen molar-refractivity contribution in [2.45, 2.75) is 42.7 Å². The summed E-state index contributed by atoms with van der Waals surface area (Å²) in [5.41, 5.74) is 0. The molecule has 0 aliphatic carbocycles. The number of hydrogen-bond acceptors (Lipinski definition) is 5. The van der Waals surface area contributed by atoms with Crippen molar-refractivity contribution in [2.75, 3.05) is 6.26 Å². The number of nitrogens with zero attached hydrogens (tertiary/aromatic N) is 2. The van der Waals surface area contributed by atoms with Gasteiger partial charge in [-0.05, 0) is 33.6 Å². The summed E-state index contributed by atoms with van der Waals surface area (Å²) >= 11 is 1.17. The number of sulfone groups is 1. The molecule has 1 aromatic heterocycles. The fourth-order valence-electron chi connectivity index (χ4n) is 1.06. The molecule has 8 heteroatoms. The van der Waals surface area contributed by atoms with E-state index in [1.54, 1.807) is 12.4 Å². The lowest BCUT2D eigenvalue weighted by Gasteiger charge is -2.12. The molecule has 19 heavy (non-hydrogen) atoms. The Morgan fingerprint density at radius 1 is 1.47 bits per heavy atom. The van der Waals surface area contributed by atoms with Gasteiger partial charge in [0.05, 0.1) is 4.75 Å². The molecule has 5 nitrogen and oxygen atoms in total. The molecule has 1 unspecified atom stereocenters. The number of hydrogen-bond donors (Lipinski definition) is 0. The average Bonchev–Trinajstić information content (AvgIpc) is 2.70. The Morgan fingerprint density at radius 3 is 2.58 bits per heavy atom. The lowest BCUT2D eigenvalue weighted by molar-refractivity contribution is 0.601. The molecule has 0 N–H and O–H groups in total. The van der Waals surface area contributed by atoms with Gasteiger partial charge in [-0.2, -0.15) is 4.40 Å². The van der Waals surface area contributed by atoms with E-state index in [1.807, 2.05) is 20.8 Å². The monoisotopic (exact) mass is 322 g/mol. The molecular formula is C11H18N2O3S3. The van der Waals surface area contributed by atoms with Crippen LogP contribution in [0.4, 0.5) is 0 Å². The van der Waals surface area contributed by atoms with Gasteiger partial charge in [-0.1, -0.05) is 0 Å². The highest BCUT2D eigenvalue weighted by molar-refractivity contribution is 7.92. The Balaban J connectivity index is 2.53. The van der Waals surface area contributed by atoms with Gasteiger partial charge in [0.15, 0.2) is 0 Å². The van der Waals surface area contributed by atoms with E-state index in [4.69, 9.17) is 0 Å². The largest absolute Gasteiger partial charge is 0.234 e. The summed E-state index contributed by atoms with van der Waals surface area (Å²) < 4.78 is 37.9. The molecule has 0 spiro atoms. The molecule has 1 aromatic rings. The van der Waals surface area contributed by atoms with Crippen LogP contribution in [0.2, 0.25) is 0 Å². The number of rotatable bonds is 5. The lowest BCUT2D eigenvalue weighted by atomic mass is 10.3. The normalized spacial score (nSPS) is 14.9. The molecule has 0 aliphatic heterocycles. The van der Waals surface area contributed by atoms with Crippen LogP contribution in [-0.4, -0.2) is 34.8 Å². The quantitative estimate of drug-likeness (QED) is 0.777. The van der Waals surface area contributed by atoms with E-state index in [-0.39, 0.29) is 9.09 Å². The van der Waals surface area contributed by atoms with Gasteiger partial charge in [-0.15, -0.1) is 11.3 Å². The smallest absolute Gasteiger partial charge is 0.209 e. The maximum Gasteiger partial charge on any atom is 0.209 e. The van der Waals surface area contributed by atoms with Gasteiger partial charge >= 0.3 is 0 Å². The van der Waals surface area contributed by atoms with E-state index >= 15 is 0 Å². The summed E-state index contributed by atoms with van der Waals surface area (Å²) in [5.74, 6) is 0. The molecule has 1 heterocycles. The Bertz CT molecular complexity index is 583. The van der Waals surface area contributed by atoms with Gasteiger partial charge < -0.3 is 0 Å². The highest BCUT2D eigenvalue weighted by atomic mass is 32.2. The standard InChI is InChI=1S/C11H18N2O3S3/c1-11(2,3)18(14)13-7-5-6-9-8-12-10(17-9)19(4,15)16/h7-8H,5-6H2,1-4H3. The second-order valence-corrected chi connectivity index (χ2v) is 10.3. The zero-order chi connectivity index (χ0) is 14.7. The third kappa shape index (κ3) is 5.50. The molecule has 0 aliphatic rings. The first-order chi connectivity index (χ1) is 8.60. The maximum atomic E-state index is 11.6. The van der Waals surface area contributed by atoms with Crippen LogP contribution in [-0.2, 0) is 27.2 Å². The molecule has 0 saturated carbocycles. The lowest BCUT2D eigenvalue weighted by Crippen LogP contribution is -2.19. The Morgan fingerprint density at radius 2 is 2.11 bits per heavy atom. The predicted molar refractivity (Wildman–Crippen MR) is 79.9 cm³/mol. The van der Waals surface area contributed by atoms with E-state index in [0.29, 0.717) is 12.8 Å².